The van der Waals surface area contributed by atoms with Gasteiger partial charge < -0.3 is 10.1 Å². The van der Waals surface area contributed by atoms with Crippen LogP contribution in [0.5, 0.6) is 5.75 Å². The lowest BCUT2D eigenvalue weighted by molar-refractivity contribution is -0.384. The number of aryl methyl sites for hydroxylation is 1. The summed E-state index contributed by atoms with van der Waals surface area (Å²) in [6.45, 7) is 3.50. The number of non-ortho nitro benzene ring substituents is 1. The van der Waals surface area contributed by atoms with Crippen LogP contribution in [0, 0.1) is 17.0 Å². The van der Waals surface area contributed by atoms with Crippen molar-refractivity contribution in [2.24, 2.45) is 0 Å². The number of nitro benzene ring substituents is 1. The van der Waals surface area contributed by atoms with Crippen molar-refractivity contribution in [3.63, 3.8) is 0 Å². The Hall–Kier alpha value is -1.62. The Kier molecular flexibility index (Phi) is 2.55. The van der Waals surface area contributed by atoms with E-state index in [0.29, 0.717) is 0 Å². The molecule has 2 rings (SSSR count). The van der Waals surface area contributed by atoms with E-state index in [1.807, 2.05) is 6.92 Å². The molecule has 1 aliphatic rings. The summed E-state index contributed by atoms with van der Waals surface area (Å²) in [7, 11) is 0. The van der Waals surface area contributed by atoms with Crippen LogP contribution in [-0.4, -0.2) is 24.1 Å². The number of hydrogen-bond donors (Lipinski definition) is 1. The van der Waals surface area contributed by atoms with Crippen LogP contribution < -0.4 is 10.1 Å². The number of rotatable bonds is 3. The van der Waals surface area contributed by atoms with E-state index in [9.17, 15) is 10.1 Å². The molecule has 0 atom stereocenters. The highest BCUT2D eigenvalue weighted by Crippen LogP contribution is 2.24. The molecule has 5 nitrogen and oxygen atoms in total. The fraction of sp³-hybridized carbons (Fsp3) is 0.400. The lowest BCUT2D eigenvalue weighted by Gasteiger charge is -2.28. The summed E-state index contributed by atoms with van der Waals surface area (Å²) in [5.41, 5.74) is 0.905. The Morgan fingerprint density at radius 1 is 1.53 bits per heavy atom. The van der Waals surface area contributed by atoms with E-state index >= 15 is 0 Å². The van der Waals surface area contributed by atoms with E-state index in [0.717, 1.165) is 24.4 Å². The molecule has 0 unspecified atom stereocenters. The first-order valence-electron chi connectivity index (χ1n) is 4.79. The minimum atomic E-state index is -0.401. The van der Waals surface area contributed by atoms with E-state index in [1.54, 1.807) is 6.07 Å². The predicted molar refractivity (Wildman–Crippen MR) is 55.1 cm³/mol. The van der Waals surface area contributed by atoms with Gasteiger partial charge in [0.2, 0.25) is 0 Å². The summed E-state index contributed by atoms with van der Waals surface area (Å²) >= 11 is 0. The number of hydrogen-bond acceptors (Lipinski definition) is 4. The second-order valence-electron chi connectivity index (χ2n) is 3.61. The van der Waals surface area contributed by atoms with Gasteiger partial charge in [-0.2, -0.15) is 0 Å². The van der Waals surface area contributed by atoms with Gasteiger partial charge in [0.1, 0.15) is 11.9 Å². The lowest BCUT2D eigenvalue weighted by Crippen LogP contribution is -2.50. The van der Waals surface area contributed by atoms with Crippen molar-refractivity contribution in [2.45, 2.75) is 13.0 Å². The van der Waals surface area contributed by atoms with Crippen LogP contribution in [0.2, 0.25) is 0 Å². The highest BCUT2D eigenvalue weighted by Gasteiger charge is 2.19. The van der Waals surface area contributed by atoms with Crippen LogP contribution >= 0.6 is 0 Å². The van der Waals surface area contributed by atoms with Crippen molar-refractivity contribution in [1.82, 2.24) is 5.32 Å². The van der Waals surface area contributed by atoms with Gasteiger partial charge in [-0.25, -0.2) is 0 Å². The molecule has 0 aromatic heterocycles. The number of nitrogens with one attached hydrogen (secondary N) is 1. The van der Waals surface area contributed by atoms with Gasteiger partial charge in [-0.1, -0.05) is 0 Å². The lowest BCUT2D eigenvalue weighted by atomic mass is 10.2. The van der Waals surface area contributed by atoms with Gasteiger partial charge in [0, 0.05) is 25.2 Å². The highest BCUT2D eigenvalue weighted by molar-refractivity contribution is 5.43. The van der Waals surface area contributed by atoms with Crippen LogP contribution in [0.3, 0.4) is 0 Å². The Bertz CT molecular complexity index is 388. The second kappa shape index (κ2) is 3.86. The van der Waals surface area contributed by atoms with Crippen LogP contribution in [0.15, 0.2) is 18.2 Å². The van der Waals surface area contributed by atoms with Crippen molar-refractivity contribution in [1.29, 1.82) is 0 Å². The highest BCUT2D eigenvalue weighted by atomic mass is 16.6. The summed E-state index contributed by atoms with van der Waals surface area (Å²) in [5.74, 6) is 0.729. The minimum Gasteiger partial charge on any atom is -0.487 e. The van der Waals surface area contributed by atoms with Crippen LogP contribution in [0.4, 0.5) is 5.69 Å². The average Bonchev–Trinajstić information content (AvgIpc) is 2.12. The van der Waals surface area contributed by atoms with Crippen LogP contribution in [-0.2, 0) is 0 Å². The Morgan fingerprint density at radius 3 is 2.73 bits per heavy atom. The Balaban J connectivity index is 2.14. The molecule has 0 saturated carbocycles. The first-order chi connectivity index (χ1) is 7.16. The molecule has 1 aliphatic heterocycles. The molecule has 5 heteroatoms. The van der Waals surface area contributed by atoms with Gasteiger partial charge in [0.25, 0.3) is 5.69 Å². The van der Waals surface area contributed by atoms with Crippen molar-refractivity contribution >= 4 is 5.69 Å². The molecule has 1 saturated heterocycles. The zero-order valence-electron chi connectivity index (χ0n) is 8.40. The minimum absolute atomic E-state index is 0.103. The molecule has 80 valence electrons. The fourth-order valence-electron chi connectivity index (χ4n) is 1.40. The van der Waals surface area contributed by atoms with Gasteiger partial charge >= 0.3 is 0 Å². The van der Waals surface area contributed by atoms with Crippen molar-refractivity contribution in [2.75, 3.05) is 13.1 Å². The van der Waals surface area contributed by atoms with Crippen molar-refractivity contribution in [3.05, 3.63) is 33.9 Å². The molecule has 1 aromatic rings. The largest absolute Gasteiger partial charge is 0.487 e. The maximum Gasteiger partial charge on any atom is 0.269 e. The molecule has 0 radical (unpaired) electrons. The molecule has 0 spiro atoms. The zero-order chi connectivity index (χ0) is 10.8. The van der Waals surface area contributed by atoms with Crippen molar-refractivity contribution in [3.8, 4) is 5.75 Å². The van der Waals surface area contributed by atoms with E-state index in [1.165, 1.54) is 12.1 Å². The molecule has 15 heavy (non-hydrogen) atoms. The summed E-state index contributed by atoms with van der Waals surface area (Å²) in [6, 6.07) is 4.65. The average molecular weight is 208 g/mol. The third kappa shape index (κ3) is 2.07. The van der Waals surface area contributed by atoms with Gasteiger partial charge in [0.05, 0.1) is 4.92 Å². The normalized spacial score (nSPS) is 15.8. The van der Waals surface area contributed by atoms with Gasteiger partial charge in [-0.15, -0.1) is 0 Å². The topological polar surface area (TPSA) is 64.4 Å². The monoisotopic (exact) mass is 208 g/mol. The van der Waals surface area contributed by atoms with Gasteiger partial charge in [-0.3, -0.25) is 10.1 Å². The van der Waals surface area contributed by atoms with E-state index in [-0.39, 0.29) is 11.8 Å². The molecule has 0 bridgehead atoms. The molecule has 1 fully saturated rings. The zero-order valence-corrected chi connectivity index (χ0v) is 8.40. The summed E-state index contributed by atoms with van der Waals surface area (Å²) < 4.78 is 5.63. The quantitative estimate of drug-likeness (QED) is 0.599. The molecule has 1 N–H and O–H groups in total. The first kappa shape index (κ1) is 9.92. The Labute approximate surface area is 87.2 Å². The molecular formula is C10H12N2O3. The third-order valence-electron chi connectivity index (χ3n) is 2.41. The number of nitro groups is 1. The number of benzene rings is 1. The first-order valence-corrected chi connectivity index (χ1v) is 4.79. The van der Waals surface area contributed by atoms with E-state index in [4.69, 9.17) is 4.74 Å². The number of ether oxygens (including phenoxy) is 1. The molecule has 0 aliphatic carbocycles. The summed E-state index contributed by atoms with van der Waals surface area (Å²) in [6.07, 6.45) is 0.199. The third-order valence-corrected chi connectivity index (χ3v) is 2.41. The van der Waals surface area contributed by atoms with Crippen LogP contribution in [0.25, 0.3) is 0 Å². The Morgan fingerprint density at radius 2 is 2.27 bits per heavy atom. The maximum absolute atomic E-state index is 10.5. The molecular weight excluding hydrogens is 196 g/mol. The molecule has 1 aromatic carbocycles. The fourth-order valence-corrected chi connectivity index (χ4v) is 1.40. The SMILES string of the molecule is Cc1cc([N+](=O)[O-])ccc1OC1CNC1. The van der Waals surface area contributed by atoms with Crippen molar-refractivity contribution < 1.29 is 9.66 Å². The van der Waals surface area contributed by atoms with E-state index in [2.05, 4.69) is 5.32 Å². The van der Waals surface area contributed by atoms with Crippen LogP contribution in [0.1, 0.15) is 5.56 Å². The smallest absolute Gasteiger partial charge is 0.269 e. The predicted octanol–water partition coefficient (Wildman–Crippen LogP) is 1.25. The maximum atomic E-state index is 10.5. The molecule has 1 heterocycles. The van der Waals surface area contributed by atoms with Gasteiger partial charge in [-0.05, 0) is 18.6 Å². The second-order valence-corrected chi connectivity index (χ2v) is 3.61. The number of nitrogens with zero attached hydrogens (tertiary/aromatic N) is 1. The summed E-state index contributed by atoms with van der Waals surface area (Å²) in [4.78, 5) is 10.1. The molecule has 0 amide bonds. The van der Waals surface area contributed by atoms with E-state index < -0.39 is 4.92 Å². The summed E-state index contributed by atoms with van der Waals surface area (Å²) in [5, 5.41) is 13.6. The standard InChI is InChI=1S/C10H12N2O3/c1-7-4-8(12(13)14)2-3-10(7)15-9-5-11-6-9/h2-4,9,11H,5-6H2,1H3. The van der Waals surface area contributed by atoms with Gasteiger partial charge in [0.15, 0.2) is 0 Å².